The highest BCUT2D eigenvalue weighted by Gasteiger charge is 2.32. The SMILES string of the molecule is O=C(c1ccoc1)N1CCCN(c2ncc(C(F)(F)F)cc2Cl)CC1. The van der Waals surface area contributed by atoms with Gasteiger partial charge in [-0.15, -0.1) is 0 Å². The summed E-state index contributed by atoms with van der Waals surface area (Å²) in [6.07, 6.45) is -0.229. The first kappa shape index (κ1) is 17.6. The molecule has 134 valence electrons. The zero-order chi connectivity index (χ0) is 18.0. The van der Waals surface area contributed by atoms with Crippen LogP contribution in [0.1, 0.15) is 22.3 Å². The number of carbonyl (C=O) groups is 1. The maximum atomic E-state index is 12.7. The number of hydrogen-bond acceptors (Lipinski definition) is 4. The van der Waals surface area contributed by atoms with Crippen LogP contribution in [0.2, 0.25) is 5.02 Å². The monoisotopic (exact) mass is 373 g/mol. The maximum Gasteiger partial charge on any atom is 0.417 e. The van der Waals surface area contributed by atoms with E-state index < -0.39 is 11.7 Å². The zero-order valence-electron chi connectivity index (χ0n) is 13.1. The second-order valence-corrected chi connectivity index (χ2v) is 6.08. The van der Waals surface area contributed by atoms with Crippen LogP contribution in [0.5, 0.6) is 0 Å². The van der Waals surface area contributed by atoms with Gasteiger partial charge in [0.25, 0.3) is 5.91 Å². The van der Waals surface area contributed by atoms with E-state index in [0.717, 1.165) is 12.3 Å². The molecule has 0 radical (unpaired) electrons. The summed E-state index contributed by atoms with van der Waals surface area (Å²) >= 11 is 6.01. The zero-order valence-corrected chi connectivity index (χ0v) is 13.8. The van der Waals surface area contributed by atoms with Crippen LogP contribution in [0.15, 0.2) is 35.3 Å². The first-order valence-electron chi connectivity index (χ1n) is 7.65. The molecular formula is C16H15ClF3N3O2. The van der Waals surface area contributed by atoms with E-state index in [9.17, 15) is 18.0 Å². The number of nitrogens with zero attached hydrogens (tertiary/aromatic N) is 3. The normalized spacial score (nSPS) is 16.0. The van der Waals surface area contributed by atoms with Crippen molar-refractivity contribution in [1.82, 2.24) is 9.88 Å². The molecule has 2 aromatic heterocycles. The Kier molecular flexibility index (Phi) is 4.89. The molecule has 0 spiro atoms. The number of furan rings is 1. The van der Waals surface area contributed by atoms with Gasteiger partial charge in [0.05, 0.1) is 22.4 Å². The van der Waals surface area contributed by atoms with Crippen LogP contribution in [-0.4, -0.2) is 42.0 Å². The molecule has 2 aromatic rings. The van der Waals surface area contributed by atoms with Gasteiger partial charge in [-0.25, -0.2) is 4.98 Å². The third-order valence-corrected chi connectivity index (χ3v) is 4.28. The number of rotatable bonds is 2. The first-order chi connectivity index (χ1) is 11.9. The number of pyridine rings is 1. The molecule has 3 rings (SSSR count). The van der Waals surface area contributed by atoms with E-state index in [0.29, 0.717) is 44.0 Å². The van der Waals surface area contributed by atoms with Crippen molar-refractivity contribution in [2.45, 2.75) is 12.6 Å². The highest BCUT2D eigenvalue weighted by molar-refractivity contribution is 6.33. The number of carbonyl (C=O) groups excluding carboxylic acids is 1. The van der Waals surface area contributed by atoms with Gasteiger partial charge < -0.3 is 14.2 Å². The van der Waals surface area contributed by atoms with Gasteiger partial charge in [0.1, 0.15) is 12.1 Å². The summed E-state index contributed by atoms with van der Waals surface area (Å²) in [5.74, 6) is 0.161. The van der Waals surface area contributed by atoms with Crippen molar-refractivity contribution in [3.63, 3.8) is 0 Å². The lowest BCUT2D eigenvalue weighted by molar-refractivity contribution is -0.137. The highest BCUT2D eigenvalue weighted by Crippen LogP contribution is 2.33. The van der Waals surface area contributed by atoms with Gasteiger partial charge in [0.15, 0.2) is 0 Å². The molecule has 0 saturated carbocycles. The summed E-state index contributed by atoms with van der Waals surface area (Å²) in [6.45, 7) is 1.94. The number of alkyl halides is 3. The smallest absolute Gasteiger partial charge is 0.417 e. The van der Waals surface area contributed by atoms with Crippen LogP contribution in [-0.2, 0) is 6.18 Å². The second kappa shape index (κ2) is 6.95. The molecule has 3 heterocycles. The van der Waals surface area contributed by atoms with E-state index in [-0.39, 0.29) is 10.9 Å². The topological polar surface area (TPSA) is 49.6 Å². The Morgan fingerprint density at radius 3 is 2.68 bits per heavy atom. The molecule has 5 nitrogen and oxygen atoms in total. The quantitative estimate of drug-likeness (QED) is 0.805. The number of aromatic nitrogens is 1. The first-order valence-corrected chi connectivity index (χ1v) is 8.03. The van der Waals surface area contributed by atoms with Crippen LogP contribution in [0, 0.1) is 0 Å². The fourth-order valence-electron chi connectivity index (χ4n) is 2.72. The molecule has 0 unspecified atom stereocenters. The second-order valence-electron chi connectivity index (χ2n) is 5.67. The van der Waals surface area contributed by atoms with Crippen molar-refractivity contribution in [2.75, 3.05) is 31.1 Å². The summed E-state index contributed by atoms with van der Waals surface area (Å²) in [6, 6.07) is 2.47. The van der Waals surface area contributed by atoms with Gasteiger partial charge in [0, 0.05) is 32.4 Å². The Morgan fingerprint density at radius 1 is 1.24 bits per heavy atom. The molecule has 1 saturated heterocycles. The van der Waals surface area contributed by atoms with Crippen LogP contribution >= 0.6 is 11.6 Å². The maximum absolute atomic E-state index is 12.7. The largest absolute Gasteiger partial charge is 0.472 e. The lowest BCUT2D eigenvalue weighted by atomic mass is 10.2. The predicted octanol–water partition coefficient (Wildman–Crippen LogP) is 3.70. The van der Waals surface area contributed by atoms with E-state index in [4.69, 9.17) is 16.0 Å². The lowest BCUT2D eigenvalue weighted by Gasteiger charge is -2.23. The fraction of sp³-hybridized carbons (Fsp3) is 0.375. The third-order valence-electron chi connectivity index (χ3n) is 4.00. The summed E-state index contributed by atoms with van der Waals surface area (Å²) in [5, 5.41) is -0.0514. The molecule has 0 bridgehead atoms. The van der Waals surface area contributed by atoms with E-state index >= 15 is 0 Å². The minimum Gasteiger partial charge on any atom is -0.472 e. The van der Waals surface area contributed by atoms with Gasteiger partial charge in [0.2, 0.25) is 0 Å². The van der Waals surface area contributed by atoms with Crippen molar-refractivity contribution >= 4 is 23.3 Å². The van der Waals surface area contributed by atoms with Crippen LogP contribution in [0.4, 0.5) is 19.0 Å². The number of halogens is 4. The summed E-state index contributed by atoms with van der Waals surface area (Å²) in [5.41, 5.74) is -0.410. The molecule has 25 heavy (non-hydrogen) atoms. The Hall–Kier alpha value is -2.22. The molecule has 9 heteroatoms. The molecule has 0 aromatic carbocycles. The summed E-state index contributed by atoms with van der Waals surface area (Å²) in [7, 11) is 0. The van der Waals surface area contributed by atoms with Gasteiger partial charge in [-0.2, -0.15) is 13.2 Å². The lowest BCUT2D eigenvalue weighted by Crippen LogP contribution is -2.35. The fourth-order valence-corrected chi connectivity index (χ4v) is 3.01. The third kappa shape index (κ3) is 3.89. The average molecular weight is 374 g/mol. The van der Waals surface area contributed by atoms with E-state index in [2.05, 4.69) is 4.98 Å². The average Bonchev–Trinajstić information content (AvgIpc) is 2.98. The van der Waals surface area contributed by atoms with Gasteiger partial charge in [-0.3, -0.25) is 4.79 Å². The number of hydrogen-bond donors (Lipinski definition) is 0. The minimum absolute atomic E-state index is 0.0514. The molecule has 0 aliphatic carbocycles. The van der Waals surface area contributed by atoms with Crippen molar-refractivity contribution in [3.05, 3.63) is 47.0 Å². The van der Waals surface area contributed by atoms with Crippen LogP contribution in [0.25, 0.3) is 0 Å². The Morgan fingerprint density at radius 2 is 2.04 bits per heavy atom. The van der Waals surface area contributed by atoms with E-state index in [1.807, 2.05) is 0 Å². The van der Waals surface area contributed by atoms with Gasteiger partial charge in [-0.1, -0.05) is 11.6 Å². The number of anilines is 1. The van der Waals surface area contributed by atoms with Crippen LogP contribution < -0.4 is 4.90 Å². The highest BCUT2D eigenvalue weighted by atomic mass is 35.5. The molecule has 1 amide bonds. The Labute approximate surface area is 147 Å². The number of amides is 1. The van der Waals surface area contributed by atoms with Crippen molar-refractivity contribution in [3.8, 4) is 0 Å². The molecular weight excluding hydrogens is 359 g/mol. The molecule has 0 atom stereocenters. The van der Waals surface area contributed by atoms with Crippen molar-refractivity contribution in [1.29, 1.82) is 0 Å². The summed E-state index contributed by atoms with van der Waals surface area (Å²) in [4.78, 5) is 19.7. The molecule has 1 aliphatic heterocycles. The van der Waals surface area contributed by atoms with Gasteiger partial charge >= 0.3 is 6.18 Å². The van der Waals surface area contributed by atoms with E-state index in [1.165, 1.54) is 12.5 Å². The predicted molar refractivity (Wildman–Crippen MR) is 85.7 cm³/mol. The van der Waals surface area contributed by atoms with Crippen molar-refractivity contribution < 1.29 is 22.4 Å². The van der Waals surface area contributed by atoms with Gasteiger partial charge in [-0.05, 0) is 18.6 Å². The Balaban J connectivity index is 1.72. The van der Waals surface area contributed by atoms with Crippen molar-refractivity contribution in [2.24, 2.45) is 0 Å². The Bertz CT molecular complexity index is 750. The van der Waals surface area contributed by atoms with Crippen LogP contribution in [0.3, 0.4) is 0 Å². The molecule has 1 fully saturated rings. The molecule has 0 N–H and O–H groups in total. The van der Waals surface area contributed by atoms with E-state index in [1.54, 1.807) is 15.9 Å². The molecule has 1 aliphatic rings. The standard InChI is InChI=1S/C16H15ClF3N3O2/c17-13-8-12(16(18,19)20)9-21-14(13)22-3-1-4-23(6-5-22)15(24)11-2-7-25-10-11/h2,7-10H,1,3-6H2. The summed E-state index contributed by atoms with van der Waals surface area (Å²) < 4.78 is 43.1. The minimum atomic E-state index is -4.48.